The zero-order valence-corrected chi connectivity index (χ0v) is 12.1. The molecule has 0 aliphatic rings. The van der Waals surface area contributed by atoms with Gasteiger partial charge in [-0.2, -0.15) is 0 Å². The second-order valence-corrected chi connectivity index (χ2v) is 5.30. The molecule has 18 heavy (non-hydrogen) atoms. The Kier molecular flexibility index (Phi) is 4.15. The molecule has 2 rings (SSSR count). The number of nitrogens with zero attached hydrogens (tertiary/aromatic N) is 1. The Morgan fingerprint density at radius 1 is 1.33 bits per heavy atom. The first-order valence-electron chi connectivity index (χ1n) is 5.46. The van der Waals surface area contributed by atoms with Gasteiger partial charge in [-0.3, -0.25) is 9.78 Å². The molecule has 2 nitrogen and oxygen atoms in total. The molecular weight excluding hydrogens is 314 g/mol. The van der Waals surface area contributed by atoms with Crippen molar-refractivity contribution in [2.24, 2.45) is 0 Å². The van der Waals surface area contributed by atoms with Gasteiger partial charge in [0.05, 0.1) is 6.42 Å². The van der Waals surface area contributed by atoms with Crippen LogP contribution in [0.5, 0.6) is 0 Å². The van der Waals surface area contributed by atoms with Gasteiger partial charge in [-0.1, -0.05) is 23.7 Å². The summed E-state index contributed by atoms with van der Waals surface area (Å²) in [5.74, 6) is 0.0322. The number of halogens is 2. The van der Waals surface area contributed by atoms with Crippen LogP contribution in [-0.4, -0.2) is 10.8 Å². The number of hydrogen-bond donors (Lipinski definition) is 0. The minimum atomic E-state index is 0.0322. The standard InChI is InChI=1S/C14H11BrClNO/c1-9-12(3-2-4-13(9)16)14(18)7-11-6-5-10(15)8-17-11/h2-6,8H,7H2,1H3. The van der Waals surface area contributed by atoms with Crippen LogP contribution in [-0.2, 0) is 6.42 Å². The number of carbonyl (C=O) groups excluding carboxylic acids is 1. The van der Waals surface area contributed by atoms with Crippen LogP contribution < -0.4 is 0 Å². The van der Waals surface area contributed by atoms with E-state index in [1.165, 1.54) is 0 Å². The van der Waals surface area contributed by atoms with E-state index >= 15 is 0 Å². The topological polar surface area (TPSA) is 30.0 Å². The van der Waals surface area contributed by atoms with Crippen molar-refractivity contribution < 1.29 is 4.79 Å². The number of pyridine rings is 1. The normalized spacial score (nSPS) is 10.4. The molecule has 92 valence electrons. The predicted octanol–water partition coefficient (Wildman–Crippen LogP) is 4.23. The van der Waals surface area contributed by atoms with Gasteiger partial charge < -0.3 is 0 Å². The van der Waals surface area contributed by atoms with Gasteiger partial charge in [0.1, 0.15) is 0 Å². The molecule has 0 N–H and O–H groups in total. The Morgan fingerprint density at radius 3 is 2.78 bits per heavy atom. The van der Waals surface area contributed by atoms with Crippen molar-refractivity contribution in [2.45, 2.75) is 13.3 Å². The summed E-state index contributed by atoms with van der Waals surface area (Å²) in [6, 6.07) is 9.08. The van der Waals surface area contributed by atoms with E-state index in [4.69, 9.17) is 11.6 Å². The fraction of sp³-hybridized carbons (Fsp3) is 0.143. The number of ketones is 1. The van der Waals surface area contributed by atoms with Crippen LogP contribution >= 0.6 is 27.5 Å². The summed E-state index contributed by atoms with van der Waals surface area (Å²) in [5, 5.41) is 0.615. The number of Topliss-reactive ketones (excluding diaryl/α,β-unsaturated/α-hetero) is 1. The van der Waals surface area contributed by atoms with E-state index in [0.29, 0.717) is 10.6 Å². The summed E-state index contributed by atoms with van der Waals surface area (Å²) in [5.41, 5.74) is 2.23. The van der Waals surface area contributed by atoms with Gasteiger partial charge in [-0.05, 0) is 46.6 Å². The second-order valence-electron chi connectivity index (χ2n) is 3.98. The minimum absolute atomic E-state index is 0.0322. The Labute approximate surface area is 119 Å². The maximum absolute atomic E-state index is 12.2. The van der Waals surface area contributed by atoms with Gasteiger partial charge in [-0.25, -0.2) is 0 Å². The molecule has 0 unspecified atom stereocenters. The first-order chi connectivity index (χ1) is 8.58. The van der Waals surface area contributed by atoms with Crippen LogP contribution in [0.3, 0.4) is 0 Å². The average Bonchev–Trinajstić information content (AvgIpc) is 2.35. The van der Waals surface area contributed by atoms with Gasteiger partial charge in [0.25, 0.3) is 0 Å². The average molecular weight is 325 g/mol. The molecule has 0 radical (unpaired) electrons. The summed E-state index contributed by atoms with van der Waals surface area (Å²) < 4.78 is 0.901. The SMILES string of the molecule is Cc1c(Cl)cccc1C(=O)Cc1ccc(Br)cn1. The van der Waals surface area contributed by atoms with E-state index < -0.39 is 0 Å². The van der Waals surface area contributed by atoms with Crippen LogP contribution in [0.4, 0.5) is 0 Å². The summed E-state index contributed by atoms with van der Waals surface area (Å²) >= 11 is 9.32. The maximum Gasteiger partial charge on any atom is 0.169 e. The third kappa shape index (κ3) is 2.98. The zero-order valence-electron chi connectivity index (χ0n) is 9.78. The Bertz CT molecular complexity index is 581. The zero-order chi connectivity index (χ0) is 13.1. The lowest BCUT2D eigenvalue weighted by atomic mass is 10.0. The van der Waals surface area contributed by atoms with Crippen molar-refractivity contribution in [3.63, 3.8) is 0 Å². The molecule has 1 aromatic heterocycles. The van der Waals surface area contributed by atoms with Crippen LogP contribution in [0, 0.1) is 6.92 Å². The quantitative estimate of drug-likeness (QED) is 0.791. The largest absolute Gasteiger partial charge is 0.294 e. The molecule has 0 saturated carbocycles. The monoisotopic (exact) mass is 323 g/mol. The molecule has 0 aliphatic heterocycles. The first-order valence-corrected chi connectivity index (χ1v) is 6.64. The number of carbonyl (C=O) groups is 1. The number of benzene rings is 1. The highest BCUT2D eigenvalue weighted by molar-refractivity contribution is 9.10. The fourth-order valence-corrected chi connectivity index (χ4v) is 2.09. The lowest BCUT2D eigenvalue weighted by Gasteiger charge is -2.06. The van der Waals surface area contributed by atoms with Gasteiger partial charge >= 0.3 is 0 Å². The van der Waals surface area contributed by atoms with Crippen molar-refractivity contribution in [2.75, 3.05) is 0 Å². The van der Waals surface area contributed by atoms with E-state index in [1.54, 1.807) is 24.4 Å². The van der Waals surface area contributed by atoms with E-state index in [-0.39, 0.29) is 12.2 Å². The Hall–Kier alpha value is -1.19. The molecule has 1 heterocycles. The molecule has 0 fully saturated rings. The van der Waals surface area contributed by atoms with Crippen molar-refractivity contribution in [3.8, 4) is 0 Å². The first kappa shape index (κ1) is 13.2. The highest BCUT2D eigenvalue weighted by Gasteiger charge is 2.12. The second kappa shape index (κ2) is 5.63. The van der Waals surface area contributed by atoms with Crippen LogP contribution in [0.25, 0.3) is 0 Å². The molecule has 2 aromatic rings. The molecule has 1 aromatic carbocycles. The van der Waals surface area contributed by atoms with Crippen molar-refractivity contribution in [1.29, 1.82) is 0 Å². The van der Waals surface area contributed by atoms with Crippen LogP contribution in [0.1, 0.15) is 21.6 Å². The molecule has 0 atom stereocenters. The smallest absolute Gasteiger partial charge is 0.169 e. The Morgan fingerprint density at radius 2 is 2.11 bits per heavy atom. The molecule has 4 heteroatoms. The highest BCUT2D eigenvalue weighted by atomic mass is 79.9. The highest BCUT2D eigenvalue weighted by Crippen LogP contribution is 2.20. The lowest BCUT2D eigenvalue weighted by Crippen LogP contribution is -2.07. The fourth-order valence-electron chi connectivity index (χ4n) is 1.68. The lowest BCUT2D eigenvalue weighted by molar-refractivity contribution is 0.0991. The van der Waals surface area contributed by atoms with Crippen LogP contribution in [0.15, 0.2) is 41.0 Å². The summed E-state index contributed by atoms with van der Waals surface area (Å²) in [6.07, 6.45) is 1.97. The molecule has 0 bridgehead atoms. The van der Waals surface area contributed by atoms with Gasteiger partial charge in [0.2, 0.25) is 0 Å². The van der Waals surface area contributed by atoms with E-state index in [1.807, 2.05) is 19.1 Å². The number of hydrogen-bond acceptors (Lipinski definition) is 2. The van der Waals surface area contributed by atoms with Crippen LogP contribution in [0.2, 0.25) is 5.02 Å². The molecular formula is C14H11BrClNO. The number of aromatic nitrogens is 1. The summed E-state index contributed by atoms with van der Waals surface area (Å²) in [7, 11) is 0. The maximum atomic E-state index is 12.2. The number of rotatable bonds is 3. The van der Waals surface area contributed by atoms with E-state index in [2.05, 4.69) is 20.9 Å². The summed E-state index contributed by atoms with van der Waals surface area (Å²) in [4.78, 5) is 16.4. The predicted molar refractivity (Wildman–Crippen MR) is 76.2 cm³/mol. The van der Waals surface area contributed by atoms with Gasteiger partial charge in [-0.15, -0.1) is 0 Å². The van der Waals surface area contributed by atoms with Crippen molar-refractivity contribution in [1.82, 2.24) is 4.98 Å². The van der Waals surface area contributed by atoms with E-state index in [0.717, 1.165) is 15.7 Å². The molecule has 0 saturated heterocycles. The molecule has 0 spiro atoms. The van der Waals surface area contributed by atoms with Crippen molar-refractivity contribution in [3.05, 3.63) is 62.8 Å². The minimum Gasteiger partial charge on any atom is -0.294 e. The van der Waals surface area contributed by atoms with E-state index in [9.17, 15) is 4.79 Å². The van der Waals surface area contributed by atoms with Gasteiger partial charge in [0.15, 0.2) is 5.78 Å². The summed E-state index contributed by atoms with van der Waals surface area (Å²) in [6.45, 7) is 1.85. The van der Waals surface area contributed by atoms with Gasteiger partial charge in [0, 0.05) is 26.9 Å². The Balaban J connectivity index is 2.22. The molecule has 0 aliphatic carbocycles. The third-order valence-corrected chi connectivity index (χ3v) is 3.58. The molecule has 0 amide bonds. The third-order valence-electron chi connectivity index (χ3n) is 2.70. The van der Waals surface area contributed by atoms with Crippen molar-refractivity contribution >= 4 is 33.3 Å².